The summed E-state index contributed by atoms with van der Waals surface area (Å²) in [5.41, 5.74) is 3.31. The van der Waals surface area contributed by atoms with Gasteiger partial charge < -0.3 is 9.64 Å². The van der Waals surface area contributed by atoms with Gasteiger partial charge in [-0.3, -0.25) is 14.5 Å². The van der Waals surface area contributed by atoms with Crippen LogP contribution in [0.2, 0.25) is 0 Å². The summed E-state index contributed by atoms with van der Waals surface area (Å²) >= 11 is 0. The van der Waals surface area contributed by atoms with Gasteiger partial charge in [0.15, 0.2) is 6.61 Å². The Bertz CT molecular complexity index is 696. The number of pyridine rings is 1. The Kier molecular flexibility index (Phi) is 4.32. The predicted octanol–water partition coefficient (Wildman–Crippen LogP) is 2.17. The summed E-state index contributed by atoms with van der Waals surface area (Å²) in [5, 5.41) is 4.48. The Morgan fingerprint density at radius 2 is 2.26 bits per heavy atom. The third kappa shape index (κ3) is 3.06. The molecule has 0 aliphatic carbocycles. The van der Waals surface area contributed by atoms with Crippen LogP contribution in [0.15, 0.2) is 24.5 Å². The van der Waals surface area contributed by atoms with Crippen molar-refractivity contribution in [3.05, 3.63) is 41.5 Å². The fraction of sp³-hybridized carbons (Fsp3) is 0.471. The maximum absolute atomic E-state index is 12.6. The summed E-state index contributed by atoms with van der Waals surface area (Å²) < 4.78 is 7.44. The number of carbonyl (C=O) groups excluding carboxylic acids is 1. The number of carbonyl (C=O) groups is 1. The number of rotatable bonds is 4. The molecule has 122 valence electrons. The molecule has 3 heterocycles. The molecule has 2 aromatic heterocycles. The number of likely N-dealkylation sites (tertiary alicyclic amines) is 1. The Hall–Kier alpha value is -2.37. The summed E-state index contributed by atoms with van der Waals surface area (Å²) in [7, 11) is 1.94. The first-order chi connectivity index (χ1) is 11.1. The van der Waals surface area contributed by atoms with Crippen LogP contribution in [0.3, 0.4) is 0 Å². The van der Waals surface area contributed by atoms with Gasteiger partial charge >= 0.3 is 0 Å². The normalized spacial score (nSPS) is 17.5. The van der Waals surface area contributed by atoms with E-state index in [1.54, 1.807) is 24.5 Å². The summed E-state index contributed by atoms with van der Waals surface area (Å²) in [6.45, 7) is 4.88. The zero-order chi connectivity index (χ0) is 16.4. The Balaban J connectivity index is 1.72. The van der Waals surface area contributed by atoms with Crippen molar-refractivity contribution in [2.24, 2.45) is 7.05 Å². The van der Waals surface area contributed by atoms with E-state index in [-0.39, 0.29) is 18.6 Å². The highest BCUT2D eigenvalue weighted by Crippen LogP contribution is 2.35. The van der Waals surface area contributed by atoms with Crippen molar-refractivity contribution in [2.45, 2.75) is 32.7 Å². The minimum absolute atomic E-state index is 0.0130. The lowest BCUT2D eigenvalue weighted by Crippen LogP contribution is -2.34. The SMILES string of the molecule is Cc1nn(C)c(C)c1[C@H]1CCCN1C(=O)COc1cccnc1. The molecule has 1 amide bonds. The highest BCUT2D eigenvalue weighted by molar-refractivity contribution is 5.78. The molecule has 3 rings (SSSR count). The monoisotopic (exact) mass is 314 g/mol. The van der Waals surface area contributed by atoms with E-state index < -0.39 is 0 Å². The van der Waals surface area contributed by atoms with Gasteiger partial charge in [-0.1, -0.05) is 0 Å². The van der Waals surface area contributed by atoms with Gasteiger partial charge in [0.1, 0.15) is 5.75 Å². The highest BCUT2D eigenvalue weighted by Gasteiger charge is 2.33. The third-order valence-electron chi connectivity index (χ3n) is 4.47. The van der Waals surface area contributed by atoms with Crippen LogP contribution < -0.4 is 4.74 Å². The second kappa shape index (κ2) is 6.40. The Morgan fingerprint density at radius 1 is 1.43 bits per heavy atom. The lowest BCUT2D eigenvalue weighted by atomic mass is 10.0. The first-order valence-electron chi connectivity index (χ1n) is 7.90. The van der Waals surface area contributed by atoms with Crippen molar-refractivity contribution in [3.8, 4) is 5.75 Å². The van der Waals surface area contributed by atoms with E-state index in [2.05, 4.69) is 17.0 Å². The molecule has 2 aromatic rings. The van der Waals surface area contributed by atoms with Gasteiger partial charge in [0.25, 0.3) is 5.91 Å². The number of aromatic nitrogens is 3. The van der Waals surface area contributed by atoms with E-state index in [9.17, 15) is 4.79 Å². The molecule has 0 unspecified atom stereocenters. The number of amides is 1. The summed E-state index contributed by atoms with van der Waals surface area (Å²) in [4.78, 5) is 18.5. The van der Waals surface area contributed by atoms with E-state index in [4.69, 9.17) is 4.74 Å². The quantitative estimate of drug-likeness (QED) is 0.868. The van der Waals surface area contributed by atoms with Crippen molar-refractivity contribution in [1.29, 1.82) is 0 Å². The zero-order valence-corrected chi connectivity index (χ0v) is 13.8. The van der Waals surface area contributed by atoms with E-state index in [0.29, 0.717) is 5.75 Å². The van der Waals surface area contributed by atoms with Crippen molar-refractivity contribution in [1.82, 2.24) is 19.7 Å². The molecule has 23 heavy (non-hydrogen) atoms. The van der Waals surface area contributed by atoms with E-state index in [0.717, 1.165) is 30.8 Å². The number of aryl methyl sites for hydroxylation is 2. The van der Waals surface area contributed by atoms with E-state index >= 15 is 0 Å². The first kappa shape index (κ1) is 15.5. The molecular formula is C17H22N4O2. The first-order valence-corrected chi connectivity index (χ1v) is 7.90. The van der Waals surface area contributed by atoms with Gasteiger partial charge in [0.05, 0.1) is 17.9 Å². The Labute approximate surface area is 136 Å². The van der Waals surface area contributed by atoms with Gasteiger partial charge in [0, 0.05) is 31.0 Å². The molecule has 6 heteroatoms. The standard InChI is InChI=1S/C17H22N4O2/c1-12-17(13(2)20(3)19-12)15-7-5-9-21(15)16(22)11-23-14-6-4-8-18-10-14/h4,6,8,10,15H,5,7,9,11H2,1-3H3/t15-/m1/s1. The third-order valence-corrected chi connectivity index (χ3v) is 4.47. The van der Waals surface area contributed by atoms with Crippen LogP contribution in [-0.4, -0.2) is 38.7 Å². The molecule has 1 atom stereocenters. The van der Waals surface area contributed by atoms with Gasteiger partial charge in [-0.25, -0.2) is 0 Å². The highest BCUT2D eigenvalue weighted by atomic mass is 16.5. The molecule has 0 radical (unpaired) electrons. The van der Waals surface area contributed by atoms with Gasteiger partial charge in [0.2, 0.25) is 0 Å². The van der Waals surface area contributed by atoms with Crippen LogP contribution in [0.25, 0.3) is 0 Å². The maximum atomic E-state index is 12.6. The smallest absolute Gasteiger partial charge is 0.261 e. The van der Waals surface area contributed by atoms with Crippen molar-refractivity contribution in [2.75, 3.05) is 13.2 Å². The fourth-order valence-electron chi connectivity index (χ4n) is 3.30. The largest absolute Gasteiger partial charge is 0.482 e. The van der Waals surface area contributed by atoms with E-state index in [1.165, 1.54) is 5.56 Å². The average molecular weight is 314 g/mol. The number of hydrogen-bond donors (Lipinski definition) is 0. The minimum atomic E-state index is 0.0130. The fourth-order valence-corrected chi connectivity index (χ4v) is 3.30. The molecule has 6 nitrogen and oxygen atoms in total. The van der Waals surface area contributed by atoms with Crippen molar-refractivity contribution >= 4 is 5.91 Å². The molecule has 1 saturated heterocycles. The lowest BCUT2D eigenvalue weighted by molar-refractivity contribution is -0.134. The summed E-state index contributed by atoms with van der Waals surface area (Å²) in [5.74, 6) is 0.629. The van der Waals surface area contributed by atoms with Crippen molar-refractivity contribution in [3.63, 3.8) is 0 Å². The van der Waals surface area contributed by atoms with Crippen molar-refractivity contribution < 1.29 is 9.53 Å². The van der Waals surface area contributed by atoms with Crippen LogP contribution in [-0.2, 0) is 11.8 Å². The van der Waals surface area contributed by atoms with E-state index in [1.807, 2.05) is 23.6 Å². The van der Waals surface area contributed by atoms with Gasteiger partial charge in [-0.2, -0.15) is 5.10 Å². The molecule has 0 spiro atoms. The zero-order valence-electron chi connectivity index (χ0n) is 13.8. The lowest BCUT2D eigenvalue weighted by Gasteiger charge is -2.25. The molecule has 1 fully saturated rings. The Morgan fingerprint density at radius 3 is 2.91 bits per heavy atom. The average Bonchev–Trinajstić information content (AvgIpc) is 3.11. The second-order valence-electron chi connectivity index (χ2n) is 5.93. The molecule has 1 aliphatic rings. The van der Waals surface area contributed by atoms with Gasteiger partial charge in [-0.05, 0) is 38.8 Å². The van der Waals surface area contributed by atoms with Crippen LogP contribution >= 0.6 is 0 Å². The maximum Gasteiger partial charge on any atom is 0.261 e. The van der Waals surface area contributed by atoms with Crippen LogP contribution in [0.1, 0.15) is 35.8 Å². The molecule has 0 N–H and O–H groups in total. The molecule has 1 aliphatic heterocycles. The predicted molar refractivity (Wildman–Crippen MR) is 86.1 cm³/mol. The number of hydrogen-bond acceptors (Lipinski definition) is 4. The number of nitrogens with zero attached hydrogens (tertiary/aromatic N) is 4. The molecule has 0 saturated carbocycles. The molecular weight excluding hydrogens is 292 g/mol. The van der Waals surface area contributed by atoms with Crippen LogP contribution in [0.5, 0.6) is 5.75 Å². The van der Waals surface area contributed by atoms with Gasteiger partial charge in [-0.15, -0.1) is 0 Å². The summed E-state index contributed by atoms with van der Waals surface area (Å²) in [6, 6.07) is 3.70. The molecule has 0 aromatic carbocycles. The van der Waals surface area contributed by atoms with Crippen LogP contribution in [0.4, 0.5) is 0 Å². The minimum Gasteiger partial charge on any atom is -0.482 e. The summed E-state index contributed by atoms with van der Waals surface area (Å²) in [6.07, 6.45) is 5.28. The van der Waals surface area contributed by atoms with Crippen LogP contribution in [0, 0.1) is 13.8 Å². The topological polar surface area (TPSA) is 60.2 Å². The second-order valence-corrected chi connectivity index (χ2v) is 5.93. The molecule has 0 bridgehead atoms. The number of ether oxygens (including phenoxy) is 1.